The van der Waals surface area contributed by atoms with Crippen molar-refractivity contribution in [1.29, 1.82) is 0 Å². The lowest BCUT2D eigenvalue weighted by Crippen LogP contribution is -2.26. The third-order valence-corrected chi connectivity index (χ3v) is 4.89. The number of hydrogen-bond donors (Lipinski definition) is 2. The molecule has 0 aliphatic rings. The van der Waals surface area contributed by atoms with Crippen molar-refractivity contribution in [2.24, 2.45) is 0 Å². The first-order valence-electron chi connectivity index (χ1n) is 5.85. The zero-order valence-corrected chi connectivity index (χ0v) is 13.0. The van der Waals surface area contributed by atoms with Crippen molar-refractivity contribution < 1.29 is 8.42 Å². The van der Waals surface area contributed by atoms with Crippen molar-refractivity contribution in [1.82, 2.24) is 10.0 Å². The van der Waals surface area contributed by atoms with Gasteiger partial charge in [-0.25, -0.2) is 13.1 Å². The van der Waals surface area contributed by atoms with Crippen molar-refractivity contribution in [2.45, 2.75) is 19.4 Å². The fraction of sp³-hybridized carbons (Fsp3) is 0.500. The lowest BCUT2D eigenvalue weighted by atomic mass is 10.1. The fourth-order valence-corrected chi connectivity index (χ4v) is 2.98. The van der Waals surface area contributed by atoms with E-state index in [-0.39, 0.29) is 11.8 Å². The summed E-state index contributed by atoms with van der Waals surface area (Å²) in [5.41, 5.74) is 1.17. The molecule has 0 aliphatic carbocycles. The summed E-state index contributed by atoms with van der Waals surface area (Å²) < 4.78 is 25.8. The van der Waals surface area contributed by atoms with E-state index in [4.69, 9.17) is 0 Å². The zero-order chi connectivity index (χ0) is 13.6. The molecule has 0 radical (unpaired) electrons. The van der Waals surface area contributed by atoms with Crippen molar-refractivity contribution in [3.05, 3.63) is 34.3 Å². The van der Waals surface area contributed by atoms with Gasteiger partial charge in [0, 0.05) is 10.5 Å². The normalized spacial score (nSPS) is 13.5. The first-order valence-corrected chi connectivity index (χ1v) is 8.30. The monoisotopic (exact) mass is 334 g/mol. The summed E-state index contributed by atoms with van der Waals surface area (Å²) in [4.78, 5) is 0. The van der Waals surface area contributed by atoms with Crippen LogP contribution in [0.2, 0.25) is 0 Å². The Morgan fingerprint density at radius 3 is 2.61 bits per heavy atom. The first kappa shape index (κ1) is 15.6. The van der Waals surface area contributed by atoms with Gasteiger partial charge >= 0.3 is 0 Å². The molecule has 1 unspecified atom stereocenters. The highest BCUT2D eigenvalue weighted by atomic mass is 79.9. The quantitative estimate of drug-likeness (QED) is 0.750. The van der Waals surface area contributed by atoms with E-state index in [1.807, 2.05) is 24.3 Å². The van der Waals surface area contributed by atoms with Gasteiger partial charge in [0.25, 0.3) is 0 Å². The molecule has 0 spiro atoms. The summed E-state index contributed by atoms with van der Waals surface area (Å²) in [6, 6.07) is 8.20. The maximum Gasteiger partial charge on any atom is 0.211 e. The third-order valence-electron chi connectivity index (χ3n) is 2.72. The van der Waals surface area contributed by atoms with E-state index < -0.39 is 10.0 Å². The second-order valence-corrected chi connectivity index (χ2v) is 6.97. The third kappa shape index (κ3) is 5.06. The number of rotatable bonds is 7. The Balaban J connectivity index is 2.39. The molecular weight excluding hydrogens is 316 g/mol. The van der Waals surface area contributed by atoms with Gasteiger partial charge in [0.15, 0.2) is 0 Å². The van der Waals surface area contributed by atoms with Gasteiger partial charge in [0.1, 0.15) is 0 Å². The van der Waals surface area contributed by atoms with Crippen LogP contribution in [-0.4, -0.2) is 27.8 Å². The molecule has 1 atom stereocenters. The summed E-state index contributed by atoms with van der Waals surface area (Å²) in [7, 11) is -1.65. The molecule has 102 valence electrons. The van der Waals surface area contributed by atoms with Crippen molar-refractivity contribution in [3.63, 3.8) is 0 Å². The smallest absolute Gasteiger partial charge is 0.211 e. The maximum atomic E-state index is 11.2. The standard InChI is InChI=1S/C12H19BrN2O2S/c1-10(11-6-3-4-7-12(11)13)15-8-5-9-18(16,17)14-2/h3-4,6-7,10,14-15H,5,8-9H2,1-2H3. The predicted octanol–water partition coefficient (Wildman–Crippen LogP) is 2.04. The molecule has 2 N–H and O–H groups in total. The van der Waals surface area contributed by atoms with Crippen LogP contribution in [0.1, 0.15) is 24.9 Å². The van der Waals surface area contributed by atoms with Crippen LogP contribution in [0, 0.1) is 0 Å². The van der Waals surface area contributed by atoms with Gasteiger partial charge < -0.3 is 5.32 Å². The van der Waals surface area contributed by atoms with E-state index in [9.17, 15) is 8.42 Å². The summed E-state index contributed by atoms with van der Waals surface area (Å²) in [5.74, 6) is 0.152. The minimum Gasteiger partial charge on any atom is -0.310 e. The van der Waals surface area contributed by atoms with Crippen LogP contribution in [0.3, 0.4) is 0 Å². The molecule has 0 amide bonds. The highest BCUT2D eigenvalue weighted by Crippen LogP contribution is 2.22. The Kier molecular flexibility index (Phi) is 6.28. The molecule has 0 aliphatic heterocycles. The molecular formula is C12H19BrN2O2S. The van der Waals surface area contributed by atoms with Crippen LogP contribution in [-0.2, 0) is 10.0 Å². The van der Waals surface area contributed by atoms with Crippen LogP contribution in [0.15, 0.2) is 28.7 Å². The Hall–Kier alpha value is -0.430. The van der Waals surface area contributed by atoms with Crippen molar-refractivity contribution in [3.8, 4) is 0 Å². The van der Waals surface area contributed by atoms with Crippen LogP contribution in [0.4, 0.5) is 0 Å². The Morgan fingerprint density at radius 2 is 2.00 bits per heavy atom. The second-order valence-electron chi connectivity index (χ2n) is 4.07. The molecule has 1 rings (SSSR count). The molecule has 0 heterocycles. The molecule has 4 nitrogen and oxygen atoms in total. The van der Waals surface area contributed by atoms with Crippen molar-refractivity contribution in [2.75, 3.05) is 19.3 Å². The van der Waals surface area contributed by atoms with Gasteiger partial charge in [-0.15, -0.1) is 0 Å². The maximum absolute atomic E-state index is 11.2. The zero-order valence-electron chi connectivity index (χ0n) is 10.6. The lowest BCUT2D eigenvalue weighted by molar-refractivity contribution is 0.556. The van der Waals surface area contributed by atoms with E-state index >= 15 is 0 Å². The Bertz CT molecular complexity index is 477. The average Bonchev–Trinajstić information content (AvgIpc) is 2.35. The predicted molar refractivity (Wildman–Crippen MR) is 78.0 cm³/mol. The number of sulfonamides is 1. The highest BCUT2D eigenvalue weighted by Gasteiger charge is 2.09. The van der Waals surface area contributed by atoms with E-state index in [1.54, 1.807) is 0 Å². The minimum absolute atomic E-state index is 0.152. The first-order chi connectivity index (χ1) is 8.46. The van der Waals surface area contributed by atoms with Gasteiger partial charge in [0.05, 0.1) is 5.75 Å². The van der Waals surface area contributed by atoms with E-state index in [1.165, 1.54) is 12.6 Å². The van der Waals surface area contributed by atoms with Gasteiger partial charge in [0.2, 0.25) is 10.0 Å². The SMILES string of the molecule is CNS(=O)(=O)CCCNC(C)c1ccccc1Br. The van der Waals surface area contributed by atoms with Crippen LogP contribution >= 0.6 is 15.9 Å². The van der Waals surface area contributed by atoms with Gasteiger partial charge in [-0.2, -0.15) is 0 Å². The Morgan fingerprint density at radius 1 is 1.33 bits per heavy atom. The number of halogens is 1. The topological polar surface area (TPSA) is 58.2 Å². The molecule has 1 aromatic carbocycles. The minimum atomic E-state index is -3.09. The highest BCUT2D eigenvalue weighted by molar-refractivity contribution is 9.10. The summed E-state index contributed by atoms with van der Waals surface area (Å²) in [6.45, 7) is 2.73. The molecule has 0 aromatic heterocycles. The Labute approximate surface area is 117 Å². The molecule has 0 fully saturated rings. The molecule has 6 heteroatoms. The molecule has 1 aromatic rings. The average molecular weight is 335 g/mol. The summed E-state index contributed by atoms with van der Waals surface area (Å²) >= 11 is 3.50. The lowest BCUT2D eigenvalue weighted by Gasteiger charge is -2.15. The second kappa shape index (κ2) is 7.23. The van der Waals surface area contributed by atoms with Crippen molar-refractivity contribution >= 4 is 26.0 Å². The van der Waals surface area contributed by atoms with Gasteiger partial charge in [-0.1, -0.05) is 34.1 Å². The van der Waals surface area contributed by atoms with Crippen LogP contribution in [0.5, 0.6) is 0 Å². The number of nitrogens with one attached hydrogen (secondary N) is 2. The molecule has 0 saturated heterocycles. The summed E-state index contributed by atoms with van der Waals surface area (Å²) in [6.07, 6.45) is 0.595. The molecule has 0 bridgehead atoms. The molecule has 0 saturated carbocycles. The van der Waals surface area contributed by atoms with Gasteiger partial charge in [-0.05, 0) is 38.6 Å². The number of benzene rings is 1. The van der Waals surface area contributed by atoms with Crippen LogP contribution < -0.4 is 10.0 Å². The van der Waals surface area contributed by atoms with E-state index in [0.29, 0.717) is 13.0 Å². The van der Waals surface area contributed by atoms with Gasteiger partial charge in [-0.3, -0.25) is 0 Å². The largest absolute Gasteiger partial charge is 0.310 e. The number of hydrogen-bond acceptors (Lipinski definition) is 3. The van der Waals surface area contributed by atoms with Crippen LogP contribution in [0.25, 0.3) is 0 Å². The fourth-order valence-electron chi connectivity index (χ4n) is 1.62. The summed E-state index contributed by atoms with van der Waals surface area (Å²) in [5, 5.41) is 3.31. The van der Waals surface area contributed by atoms with E-state index in [0.717, 1.165) is 4.47 Å². The van der Waals surface area contributed by atoms with E-state index in [2.05, 4.69) is 32.9 Å². The molecule has 18 heavy (non-hydrogen) atoms.